The summed E-state index contributed by atoms with van der Waals surface area (Å²) in [4.78, 5) is 8.39. The third kappa shape index (κ3) is 3.54. The lowest BCUT2D eigenvalue weighted by Gasteiger charge is -2.41. The maximum Gasteiger partial charge on any atom is 0.216 e. The van der Waals surface area contributed by atoms with E-state index in [0.717, 1.165) is 24.0 Å². The van der Waals surface area contributed by atoms with Gasteiger partial charge in [-0.2, -0.15) is 0 Å². The highest BCUT2D eigenvalue weighted by Crippen LogP contribution is 2.43. The summed E-state index contributed by atoms with van der Waals surface area (Å²) in [5.41, 5.74) is 7.49. The summed E-state index contributed by atoms with van der Waals surface area (Å²) < 4.78 is 5.16. The zero-order valence-corrected chi connectivity index (χ0v) is 13.0. The van der Waals surface area contributed by atoms with Crippen LogP contribution in [0.3, 0.4) is 0 Å². The van der Waals surface area contributed by atoms with Gasteiger partial charge in [-0.15, -0.1) is 0 Å². The van der Waals surface area contributed by atoms with Crippen LogP contribution in [0.15, 0.2) is 12.4 Å². The van der Waals surface area contributed by atoms with Gasteiger partial charge < -0.3 is 10.5 Å². The maximum atomic E-state index is 6.49. The summed E-state index contributed by atoms with van der Waals surface area (Å²) in [7, 11) is 1.64. The molecule has 2 N–H and O–H groups in total. The first-order chi connectivity index (χ1) is 10.3. The highest BCUT2D eigenvalue weighted by molar-refractivity contribution is 5.14. The van der Waals surface area contributed by atoms with Gasteiger partial charge in [-0.3, -0.25) is 0 Å². The van der Waals surface area contributed by atoms with Crippen LogP contribution in [0.4, 0.5) is 0 Å². The summed E-state index contributed by atoms with van der Waals surface area (Å²) in [6.45, 7) is 0. The minimum atomic E-state index is 0.215. The fourth-order valence-electron chi connectivity index (χ4n) is 4.31. The van der Waals surface area contributed by atoms with Crippen LogP contribution >= 0.6 is 0 Å². The van der Waals surface area contributed by atoms with E-state index in [0.29, 0.717) is 11.8 Å². The molecule has 2 aliphatic carbocycles. The molecule has 0 saturated heterocycles. The van der Waals surface area contributed by atoms with Crippen molar-refractivity contribution in [2.75, 3.05) is 7.11 Å². The molecule has 4 heteroatoms. The second kappa shape index (κ2) is 6.73. The van der Waals surface area contributed by atoms with Gasteiger partial charge in [-0.25, -0.2) is 9.97 Å². The van der Waals surface area contributed by atoms with Crippen molar-refractivity contribution in [3.05, 3.63) is 18.1 Å². The number of hydrogen-bond acceptors (Lipinski definition) is 4. The Morgan fingerprint density at radius 1 is 1.19 bits per heavy atom. The highest BCUT2D eigenvalue weighted by atomic mass is 16.5. The van der Waals surface area contributed by atoms with Crippen LogP contribution in [-0.4, -0.2) is 23.1 Å². The lowest BCUT2D eigenvalue weighted by molar-refractivity contribution is 0.117. The SMILES string of the molecule is COc1cc(CC(N)C2CCC3CCCCC3C2)ncn1. The molecule has 0 aliphatic heterocycles. The van der Waals surface area contributed by atoms with E-state index in [1.165, 1.54) is 44.9 Å². The zero-order chi connectivity index (χ0) is 14.7. The molecule has 21 heavy (non-hydrogen) atoms. The van der Waals surface area contributed by atoms with E-state index in [4.69, 9.17) is 10.5 Å². The van der Waals surface area contributed by atoms with Crippen molar-refractivity contribution in [1.29, 1.82) is 0 Å². The molecule has 0 radical (unpaired) electrons. The van der Waals surface area contributed by atoms with Gasteiger partial charge in [0, 0.05) is 24.2 Å². The summed E-state index contributed by atoms with van der Waals surface area (Å²) in [5.74, 6) is 3.21. The molecule has 0 spiro atoms. The average molecular weight is 289 g/mol. The normalized spacial score (nSPS) is 30.5. The Labute approximate surface area is 127 Å². The topological polar surface area (TPSA) is 61.0 Å². The number of aromatic nitrogens is 2. The van der Waals surface area contributed by atoms with E-state index < -0.39 is 0 Å². The first-order valence-corrected chi connectivity index (χ1v) is 8.36. The summed E-state index contributed by atoms with van der Waals surface area (Å²) >= 11 is 0. The molecule has 116 valence electrons. The maximum absolute atomic E-state index is 6.49. The number of nitrogens with two attached hydrogens (primary N) is 1. The molecule has 1 heterocycles. The molecule has 0 amide bonds. The van der Waals surface area contributed by atoms with Gasteiger partial charge in [-0.05, 0) is 37.0 Å². The molecule has 2 saturated carbocycles. The van der Waals surface area contributed by atoms with Crippen molar-refractivity contribution in [1.82, 2.24) is 9.97 Å². The highest BCUT2D eigenvalue weighted by Gasteiger charge is 2.34. The summed E-state index contributed by atoms with van der Waals surface area (Å²) in [6.07, 6.45) is 12.2. The predicted octanol–water partition coefficient (Wildman–Crippen LogP) is 2.96. The van der Waals surface area contributed by atoms with Crippen molar-refractivity contribution >= 4 is 0 Å². The van der Waals surface area contributed by atoms with E-state index in [2.05, 4.69) is 9.97 Å². The lowest BCUT2D eigenvalue weighted by atomic mass is 9.66. The first kappa shape index (κ1) is 14.8. The molecule has 2 aliphatic rings. The van der Waals surface area contributed by atoms with Gasteiger partial charge >= 0.3 is 0 Å². The fourth-order valence-corrected chi connectivity index (χ4v) is 4.31. The quantitative estimate of drug-likeness (QED) is 0.925. The second-order valence-electron chi connectivity index (χ2n) is 6.80. The minimum absolute atomic E-state index is 0.215. The number of fused-ring (bicyclic) bond motifs is 1. The second-order valence-corrected chi connectivity index (χ2v) is 6.80. The predicted molar refractivity (Wildman–Crippen MR) is 83.1 cm³/mol. The van der Waals surface area contributed by atoms with Crippen LogP contribution < -0.4 is 10.5 Å². The van der Waals surface area contributed by atoms with Crippen LogP contribution in [0.5, 0.6) is 5.88 Å². The molecule has 4 nitrogen and oxygen atoms in total. The van der Waals surface area contributed by atoms with Crippen LogP contribution in [-0.2, 0) is 6.42 Å². The standard InChI is InChI=1S/C17H27N3O/c1-21-17-10-15(19-11-20-17)9-16(18)14-7-6-12-4-2-3-5-13(12)8-14/h10-14,16H,2-9,18H2,1H3. The summed E-state index contributed by atoms with van der Waals surface area (Å²) in [5, 5.41) is 0. The Morgan fingerprint density at radius 2 is 2.00 bits per heavy atom. The van der Waals surface area contributed by atoms with Crippen LogP contribution in [0.1, 0.15) is 50.6 Å². The van der Waals surface area contributed by atoms with E-state index in [-0.39, 0.29) is 6.04 Å². The van der Waals surface area contributed by atoms with Crippen LogP contribution in [0.2, 0.25) is 0 Å². The molecular formula is C17H27N3O. The zero-order valence-electron chi connectivity index (χ0n) is 13.0. The molecule has 4 atom stereocenters. The lowest BCUT2D eigenvalue weighted by Crippen LogP contribution is -2.39. The Balaban J connectivity index is 1.58. The van der Waals surface area contributed by atoms with Crippen molar-refractivity contribution < 1.29 is 4.74 Å². The van der Waals surface area contributed by atoms with Crippen molar-refractivity contribution in [2.45, 2.75) is 57.4 Å². The van der Waals surface area contributed by atoms with Crippen molar-refractivity contribution in [3.8, 4) is 5.88 Å². The van der Waals surface area contributed by atoms with Gasteiger partial charge in [0.05, 0.1) is 7.11 Å². The number of nitrogens with zero attached hydrogens (tertiary/aromatic N) is 2. The minimum Gasteiger partial charge on any atom is -0.481 e. The van der Waals surface area contributed by atoms with E-state index in [1.54, 1.807) is 13.4 Å². The molecule has 4 unspecified atom stereocenters. The molecule has 1 aromatic heterocycles. The average Bonchev–Trinajstić information content (AvgIpc) is 2.54. The van der Waals surface area contributed by atoms with Crippen molar-refractivity contribution in [2.24, 2.45) is 23.5 Å². The Morgan fingerprint density at radius 3 is 2.81 bits per heavy atom. The Kier molecular flexibility index (Phi) is 4.73. The van der Waals surface area contributed by atoms with E-state index in [9.17, 15) is 0 Å². The van der Waals surface area contributed by atoms with E-state index >= 15 is 0 Å². The molecular weight excluding hydrogens is 262 g/mol. The van der Waals surface area contributed by atoms with Crippen LogP contribution in [0, 0.1) is 17.8 Å². The molecule has 2 fully saturated rings. The molecule has 0 aromatic carbocycles. The third-order valence-corrected chi connectivity index (χ3v) is 5.54. The fraction of sp³-hybridized carbons (Fsp3) is 0.765. The molecule has 0 bridgehead atoms. The third-order valence-electron chi connectivity index (χ3n) is 5.54. The van der Waals surface area contributed by atoms with E-state index in [1.807, 2.05) is 6.07 Å². The number of ether oxygens (including phenoxy) is 1. The smallest absolute Gasteiger partial charge is 0.216 e. The summed E-state index contributed by atoms with van der Waals surface area (Å²) in [6, 6.07) is 2.12. The largest absolute Gasteiger partial charge is 0.481 e. The number of methoxy groups -OCH3 is 1. The molecule has 1 aromatic rings. The number of hydrogen-bond donors (Lipinski definition) is 1. The Hall–Kier alpha value is -1.16. The van der Waals surface area contributed by atoms with Gasteiger partial charge in [0.1, 0.15) is 6.33 Å². The van der Waals surface area contributed by atoms with Gasteiger partial charge in [0.25, 0.3) is 0 Å². The monoisotopic (exact) mass is 289 g/mol. The molecule has 3 rings (SSSR count). The van der Waals surface area contributed by atoms with Crippen molar-refractivity contribution in [3.63, 3.8) is 0 Å². The Bertz CT molecular complexity index is 465. The van der Waals surface area contributed by atoms with Gasteiger partial charge in [0.2, 0.25) is 5.88 Å². The van der Waals surface area contributed by atoms with Crippen LogP contribution in [0.25, 0.3) is 0 Å². The first-order valence-electron chi connectivity index (χ1n) is 8.36. The number of rotatable bonds is 4. The van der Waals surface area contributed by atoms with Gasteiger partial charge in [0.15, 0.2) is 0 Å². The van der Waals surface area contributed by atoms with Gasteiger partial charge in [-0.1, -0.05) is 25.7 Å².